The van der Waals surface area contributed by atoms with Crippen molar-refractivity contribution in [3.05, 3.63) is 45.8 Å². The SMILES string of the molecule is Cc1cc(C(=O)NC2COCCN(c3ncncc3C#N)C2)c(=O)[nH]n1. The van der Waals surface area contributed by atoms with Crippen LogP contribution in [0.4, 0.5) is 5.82 Å². The minimum absolute atomic E-state index is 0.00644. The molecule has 2 N–H and O–H groups in total. The molecule has 1 aliphatic rings. The van der Waals surface area contributed by atoms with E-state index in [1.54, 1.807) is 6.92 Å². The largest absolute Gasteiger partial charge is 0.377 e. The van der Waals surface area contributed by atoms with E-state index in [2.05, 4.69) is 31.6 Å². The summed E-state index contributed by atoms with van der Waals surface area (Å²) in [6.07, 6.45) is 2.82. The van der Waals surface area contributed by atoms with Crippen LogP contribution in [0, 0.1) is 18.3 Å². The van der Waals surface area contributed by atoms with Crippen LogP contribution in [0.5, 0.6) is 0 Å². The molecule has 10 nitrogen and oxygen atoms in total. The Morgan fingerprint density at radius 3 is 3.19 bits per heavy atom. The highest BCUT2D eigenvalue weighted by Gasteiger charge is 2.24. The molecular formula is C16H17N7O3. The van der Waals surface area contributed by atoms with Gasteiger partial charge in [-0.3, -0.25) is 9.59 Å². The molecule has 0 spiro atoms. The van der Waals surface area contributed by atoms with Crippen molar-refractivity contribution in [2.75, 3.05) is 31.2 Å². The molecular weight excluding hydrogens is 338 g/mol. The van der Waals surface area contributed by atoms with Crippen LogP contribution in [0.1, 0.15) is 21.6 Å². The molecule has 1 fully saturated rings. The van der Waals surface area contributed by atoms with Gasteiger partial charge in [0, 0.05) is 13.1 Å². The number of ether oxygens (including phenoxy) is 1. The zero-order valence-corrected chi connectivity index (χ0v) is 14.1. The van der Waals surface area contributed by atoms with Gasteiger partial charge in [-0.2, -0.15) is 10.4 Å². The molecule has 2 aromatic rings. The van der Waals surface area contributed by atoms with Crippen molar-refractivity contribution in [3.8, 4) is 6.07 Å². The van der Waals surface area contributed by atoms with Crippen molar-refractivity contribution < 1.29 is 9.53 Å². The summed E-state index contributed by atoms with van der Waals surface area (Å²) in [7, 11) is 0. The first-order valence-corrected chi connectivity index (χ1v) is 7.98. The molecule has 0 aromatic carbocycles. The number of hydrogen-bond donors (Lipinski definition) is 2. The molecule has 1 saturated heterocycles. The number of anilines is 1. The smallest absolute Gasteiger partial charge is 0.277 e. The number of hydrogen-bond acceptors (Lipinski definition) is 8. The number of rotatable bonds is 3. The van der Waals surface area contributed by atoms with E-state index < -0.39 is 11.5 Å². The Hall–Kier alpha value is -3.32. The van der Waals surface area contributed by atoms with E-state index >= 15 is 0 Å². The van der Waals surface area contributed by atoms with E-state index in [1.165, 1.54) is 18.6 Å². The van der Waals surface area contributed by atoms with Crippen molar-refractivity contribution in [3.63, 3.8) is 0 Å². The maximum Gasteiger partial charge on any atom is 0.277 e. The van der Waals surface area contributed by atoms with Crippen LogP contribution in [-0.4, -0.2) is 58.4 Å². The first-order valence-electron chi connectivity index (χ1n) is 7.98. The van der Waals surface area contributed by atoms with Gasteiger partial charge in [-0.1, -0.05) is 0 Å². The highest BCUT2D eigenvalue weighted by atomic mass is 16.5. The fourth-order valence-corrected chi connectivity index (χ4v) is 2.68. The number of nitrogens with zero attached hydrogens (tertiary/aromatic N) is 5. The molecule has 1 atom stereocenters. The van der Waals surface area contributed by atoms with Crippen LogP contribution in [-0.2, 0) is 4.74 Å². The number of carbonyl (C=O) groups is 1. The van der Waals surface area contributed by atoms with Crippen LogP contribution in [0.25, 0.3) is 0 Å². The van der Waals surface area contributed by atoms with Crippen molar-refractivity contribution in [1.29, 1.82) is 5.26 Å². The molecule has 3 heterocycles. The summed E-state index contributed by atoms with van der Waals surface area (Å²) in [5, 5.41) is 18.1. The summed E-state index contributed by atoms with van der Waals surface area (Å²) < 4.78 is 5.54. The molecule has 0 bridgehead atoms. The highest BCUT2D eigenvalue weighted by Crippen LogP contribution is 2.17. The lowest BCUT2D eigenvalue weighted by molar-refractivity contribution is 0.0882. The van der Waals surface area contributed by atoms with E-state index in [0.717, 1.165) is 0 Å². The van der Waals surface area contributed by atoms with Gasteiger partial charge in [-0.05, 0) is 13.0 Å². The van der Waals surface area contributed by atoms with E-state index in [9.17, 15) is 14.9 Å². The second kappa shape index (κ2) is 7.71. The molecule has 1 amide bonds. The summed E-state index contributed by atoms with van der Waals surface area (Å²) in [5.41, 5.74) is 0.323. The van der Waals surface area contributed by atoms with Crippen molar-refractivity contribution in [2.24, 2.45) is 0 Å². The minimum atomic E-state index is -0.554. The van der Waals surface area contributed by atoms with Crippen molar-refractivity contribution in [1.82, 2.24) is 25.5 Å². The fourth-order valence-electron chi connectivity index (χ4n) is 2.68. The van der Waals surface area contributed by atoms with Crippen LogP contribution in [0.15, 0.2) is 23.4 Å². The van der Waals surface area contributed by atoms with Crippen molar-refractivity contribution >= 4 is 11.7 Å². The molecule has 10 heteroatoms. The predicted molar refractivity (Wildman–Crippen MR) is 90.6 cm³/mol. The second-order valence-corrected chi connectivity index (χ2v) is 5.82. The first-order chi connectivity index (χ1) is 12.6. The van der Waals surface area contributed by atoms with Gasteiger partial charge in [0.05, 0.1) is 31.1 Å². The van der Waals surface area contributed by atoms with Gasteiger partial charge in [0.1, 0.15) is 29.3 Å². The average molecular weight is 355 g/mol. The van der Waals surface area contributed by atoms with E-state index in [0.29, 0.717) is 36.8 Å². The Balaban J connectivity index is 1.78. The monoisotopic (exact) mass is 355 g/mol. The first kappa shape index (κ1) is 17.5. The Morgan fingerprint density at radius 1 is 1.54 bits per heavy atom. The van der Waals surface area contributed by atoms with E-state index in [4.69, 9.17) is 4.74 Å². The number of carbonyl (C=O) groups excluding carboxylic acids is 1. The summed E-state index contributed by atoms with van der Waals surface area (Å²) in [4.78, 5) is 34.2. The number of nitriles is 1. The van der Waals surface area contributed by atoms with Crippen LogP contribution >= 0.6 is 0 Å². The second-order valence-electron chi connectivity index (χ2n) is 5.82. The molecule has 1 aliphatic heterocycles. The van der Waals surface area contributed by atoms with Gasteiger partial charge in [0.25, 0.3) is 11.5 Å². The molecule has 134 valence electrons. The third-order valence-electron chi connectivity index (χ3n) is 3.89. The lowest BCUT2D eigenvalue weighted by Crippen LogP contribution is -2.46. The van der Waals surface area contributed by atoms with Crippen LogP contribution in [0.3, 0.4) is 0 Å². The third-order valence-corrected chi connectivity index (χ3v) is 3.89. The topological polar surface area (TPSA) is 137 Å². The zero-order valence-electron chi connectivity index (χ0n) is 14.1. The Bertz CT molecular complexity index is 905. The van der Waals surface area contributed by atoms with Gasteiger partial charge in [0.15, 0.2) is 0 Å². The molecule has 0 radical (unpaired) electrons. The van der Waals surface area contributed by atoms with Crippen molar-refractivity contribution in [2.45, 2.75) is 13.0 Å². The number of aromatic nitrogens is 4. The van der Waals surface area contributed by atoms with Crippen LogP contribution < -0.4 is 15.8 Å². The Kier molecular flexibility index (Phi) is 5.19. The fraction of sp³-hybridized carbons (Fsp3) is 0.375. The van der Waals surface area contributed by atoms with Gasteiger partial charge < -0.3 is 15.0 Å². The highest BCUT2D eigenvalue weighted by molar-refractivity contribution is 5.94. The average Bonchev–Trinajstić information content (AvgIpc) is 2.89. The van der Waals surface area contributed by atoms with E-state index in [-0.39, 0.29) is 18.2 Å². The standard InChI is InChI=1S/C16H17N7O3/c1-10-4-13(16(25)22-21-10)15(24)20-12-7-23(2-3-26-8-12)14-11(5-17)6-18-9-19-14/h4,6,9,12H,2-3,7-8H2,1H3,(H,20,24)(H,22,25). The molecule has 0 aliphatic carbocycles. The minimum Gasteiger partial charge on any atom is -0.377 e. The Labute approximate surface area is 148 Å². The van der Waals surface area contributed by atoms with Gasteiger partial charge in [-0.15, -0.1) is 0 Å². The predicted octanol–water partition coefficient (Wildman–Crippen LogP) is -0.625. The molecule has 26 heavy (non-hydrogen) atoms. The van der Waals surface area contributed by atoms with Crippen LogP contribution in [0.2, 0.25) is 0 Å². The Morgan fingerprint density at radius 2 is 2.38 bits per heavy atom. The normalized spacial score (nSPS) is 17.2. The number of amides is 1. The van der Waals surface area contributed by atoms with Gasteiger partial charge in [-0.25, -0.2) is 15.1 Å². The molecule has 2 aromatic heterocycles. The molecule has 3 rings (SSSR count). The van der Waals surface area contributed by atoms with Gasteiger partial charge in [0.2, 0.25) is 0 Å². The molecule has 1 unspecified atom stereocenters. The summed E-state index contributed by atoms with van der Waals surface area (Å²) in [5.74, 6) is -0.0137. The third kappa shape index (κ3) is 3.84. The zero-order chi connectivity index (χ0) is 18.5. The quantitative estimate of drug-likeness (QED) is 0.743. The maximum absolute atomic E-state index is 12.5. The number of nitrogens with one attached hydrogen (secondary N) is 2. The number of H-pyrrole nitrogens is 1. The number of aryl methyl sites for hydroxylation is 1. The number of aromatic amines is 1. The lowest BCUT2D eigenvalue weighted by atomic mass is 10.2. The van der Waals surface area contributed by atoms with Gasteiger partial charge >= 0.3 is 0 Å². The summed E-state index contributed by atoms with van der Waals surface area (Å²) in [6, 6.07) is 3.12. The molecule has 0 saturated carbocycles. The lowest BCUT2D eigenvalue weighted by Gasteiger charge is -2.25. The summed E-state index contributed by atoms with van der Waals surface area (Å²) in [6.45, 7) is 3.31. The maximum atomic E-state index is 12.5. The van der Waals surface area contributed by atoms with E-state index in [1.807, 2.05) is 4.90 Å². The summed E-state index contributed by atoms with van der Waals surface area (Å²) >= 11 is 0.